The molecule has 136 valence electrons. The van der Waals surface area contributed by atoms with Crippen molar-refractivity contribution in [2.24, 2.45) is 0 Å². The van der Waals surface area contributed by atoms with Crippen LogP contribution in [0.2, 0.25) is 0 Å². The Morgan fingerprint density at radius 1 is 1.36 bits per heavy atom. The van der Waals surface area contributed by atoms with Crippen LogP contribution < -0.4 is 5.32 Å². The Kier molecular flexibility index (Phi) is 5.84. The van der Waals surface area contributed by atoms with Gasteiger partial charge in [0.1, 0.15) is 0 Å². The van der Waals surface area contributed by atoms with E-state index in [1.165, 1.54) is 35.0 Å². The highest BCUT2D eigenvalue weighted by Crippen LogP contribution is 2.33. The summed E-state index contributed by atoms with van der Waals surface area (Å²) in [7, 11) is 0. The van der Waals surface area contributed by atoms with Crippen LogP contribution in [0.5, 0.6) is 0 Å². The first-order valence-electron chi connectivity index (χ1n) is 8.89. The summed E-state index contributed by atoms with van der Waals surface area (Å²) in [5, 5.41) is 14.9. The third-order valence-corrected chi connectivity index (χ3v) is 6.72. The molecular formula is C18H26N4OS2. The predicted molar refractivity (Wildman–Crippen MR) is 104 cm³/mol. The third kappa shape index (κ3) is 4.08. The van der Waals surface area contributed by atoms with Crippen molar-refractivity contribution in [2.45, 2.75) is 70.6 Å². The second-order valence-corrected chi connectivity index (χ2v) is 8.96. The molecule has 2 heterocycles. The van der Waals surface area contributed by atoms with E-state index in [9.17, 15) is 4.79 Å². The molecule has 2 aromatic rings. The standard InChI is InChI=1S/C18H26N4OS2/c1-11(2)22-17(15-9-24-13(4)12(15)3)20-21-18(22)25-10-16(23)19-14-7-5-6-8-14/h9,11,14H,5-8,10H2,1-4H3,(H,19,23). The van der Waals surface area contributed by atoms with Gasteiger partial charge < -0.3 is 5.32 Å². The van der Waals surface area contributed by atoms with Gasteiger partial charge in [0.05, 0.1) is 5.75 Å². The monoisotopic (exact) mass is 378 g/mol. The molecule has 7 heteroatoms. The lowest BCUT2D eigenvalue weighted by molar-refractivity contribution is -0.119. The molecule has 1 saturated carbocycles. The lowest BCUT2D eigenvalue weighted by Gasteiger charge is -2.14. The van der Waals surface area contributed by atoms with E-state index in [0.29, 0.717) is 11.8 Å². The van der Waals surface area contributed by atoms with Gasteiger partial charge in [0.25, 0.3) is 0 Å². The number of nitrogens with zero attached hydrogens (tertiary/aromatic N) is 3. The van der Waals surface area contributed by atoms with E-state index < -0.39 is 0 Å². The minimum absolute atomic E-state index is 0.0966. The number of carbonyl (C=O) groups is 1. The lowest BCUT2D eigenvalue weighted by atomic mass is 10.1. The normalized spacial score (nSPS) is 15.2. The predicted octanol–water partition coefficient (Wildman–Crippen LogP) is 4.36. The summed E-state index contributed by atoms with van der Waals surface area (Å²) in [4.78, 5) is 13.5. The number of aromatic nitrogens is 3. The van der Waals surface area contributed by atoms with E-state index in [-0.39, 0.29) is 11.9 Å². The number of rotatable bonds is 6. The number of carbonyl (C=O) groups excluding carboxylic acids is 1. The molecule has 1 aliphatic rings. The number of amides is 1. The fraction of sp³-hybridized carbons (Fsp3) is 0.611. The van der Waals surface area contributed by atoms with Gasteiger partial charge in [-0.05, 0) is 46.1 Å². The molecule has 0 spiro atoms. The molecule has 2 aromatic heterocycles. The summed E-state index contributed by atoms with van der Waals surface area (Å²) in [6.45, 7) is 8.51. The average Bonchev–Trinajstić information content (AvgIpc) is 3.27. The van der Waals surface area contributed by atoms with Crippen molar-refractivity contribution in [1.82, 2.24) is 20.1 Å². The van der Waals surface area contributed by atoms with Gasteiger partial charge in [-0.2, -0.15) is 0 Å². The molecule has 0 unspecified atom stereocenters. The Balaban J connectivity index is 1.73. The maximum Gasteiger partial charge on any atom is 0.230 e. The summed E-state index contributed by atoms with van der Waals surface area (Å²) in [6.07, 6.45) is 4.67. The number of thiophene rings is 1. The minimum atomic E-state index is 0.0966. The Morgan fingerprint density at radius 3 is 2.68 bits per heavy atom. The van der Waals surface area contributed by atoms with Crippen LogP contribution in [0.25, 0.3) is 11.4 Å². The Hall–Kier alpha value is -1.34. The molecule has 1 aliphatic carbocycles. The van der Waals surface area contributed by atoms with Gasteiger partial charge in [-0.1, -0.05) is 24.6 Å². The van der Waals surface area contributed by atoms with E-state index in [2.05, 4.69) is 53.2 Å². The zero-order valence-corrected chi connectivity index (χ0v) is 17.0. The summed E-state index contributed by atoms with van der Waals surface area (Å²) in [6, 6.07) is 0.605. The van der Waals surface area contributed by atoms with Crippen molar-refractivity contribution < 1.29 is 4.79 Å². The van der Waals surface area contributed by atoms with Crippen molar-refractivity contribution in [1.29, 1.82) is 0 Å². The topological polar surface area (TPSA) is 59.8 Å². The van der Waals surface area contributed by atoms with Gasteiger partial charge in [0.15, 0.2) is 11.0 Å². The largest absolute Gasteiger partial charge is 0.353 e. The fourth-order valence-corrected chi connectivity index (χ4v) is 4.97. The second-order valence-electron chi connectivity index (χ2n) is 6.94. The van der Waals surface area contributed by atoms with Crippen LogP contribution in [0.4, 0.5) is 0 Å². The Bertz CT molecular complexity index is 744. The zero-order valence-electron chi connectivity index (χ0n) is 15.3. The van der Waals surface area contributed by atoms with Gasteiger partial charge in [0.2, 0.25) is 5.91 Å². The summed E-state index contributed by atoms with van der Waals surface area (Å²) in [5.41, 5.74) is 2.40. The van der Waals surface area contributed by atoms with Crippen molar-refractivity contribution in [3.8, 4) is 11.4 Å². The van der Waals surface area contributed by atoms with Crippen molar-refractivity contribution >= 4 is 29.0 Å². The van der Waals surface area contributed by atoms with Crippen LogP contribution in [0.3, 0.4) is 0 Å². The number of nitrogens with one attached hydrogen (secondary N) is 1. The van der Waals surface area contributed by atoms with Crippen molar-refractivity contribution in [3.63, 3.8) is 0 Å². The van der Waals surface area contributed by atoms with Crippen molar-refractivity contribution in [3.05, 3.63) is 15.8 Å². The maximum absolute atomic E-state index is 12.2. The van der Waals surface area contributed by atoms with E-state index in [1.54, 1.807) is 11.3 Å². The lowest BCUT2D eigenvalue weighted by Crippen LogP contribution is -2.33. The molecule has 0 bridgehead atoms. The molecule has 0 radical (unpaired) electrons. The van der Waals surface area contributed by atoms with E-state index in [1.807, 2.05) is 0 Å². The van der Waals surface area contributed by atoms with Crippen LogP contribution >= 0.6 is 23.1 Å². The van der Waals surface area contributed by atoms with E-state index in [0.717, 1.165) is 29.4 Å². The second kappa shape index (κ2) is 7.91. The van der Waals surface area contributed by atoms with Crippen LogP contribution in [0, 0.1) is 13.8 Å². The summed E-state index contributed by atoms with van der Waals surface area (Å²) in [5.74, 6) is 1.39. The smallest absolute Gasteiger partial charge is 0.230 e. The molecule has 0 aliphatic heterocycles. The molecule has 25 heavy (non-hydrogen) atoms. The average molecular weight is 379 g/mol. The number of hydrogen-bond acceptors (Lipinski definition) is 5. The summed E-state index contributed by atoms with van der Waals surface area (Å²) < 4.78 is 2.14. The van der Waals surface area contributed by atoms with E-state index in [4.69, 9.17) is 0 Å². The van der Waals surface area contributed by atoms with Crippen LogP contribution in [-0.2, 0) is 4.79 Å². The first kappa shape index (κ1) is 18.5. The van der Waals surface area contributed by atoms with Gasteiger partial charge >= 0.3 is 0 Å². The van der Waals surface area contributed by atoms with Gasteiger partial charge in [-0.15, -0.1) is 21.5 Å². The van der Waals surface area contributed by atoms with Crippen LogP contribution in [0.15, 0.2) is 10.5 Å². The highest BCUT2D eigenvalue weighted by molar-refractivity contribution is 7.99. The van der Waals surface area contributed by atoms with E-state index >= 15 is 0 Å². The first-order valence-corrected chi connectivity index (χ1v) is 10.8. The molecule has 0 aromatic carbocycles. The zero-order chi connectivity index (χ0) is 18.0. The molecule has 0 saturated heterocycles. The van der Waals surface area contributed by atoms with Gasteiger partial charge in [-0.3, -0.25) is 9.36 Å². The highest BCUT2D eigenvalue weighted by atomic mass is 32.2. The molecular weight excluding hydrogens is 352 g/mol. The molecule has 3 rings (SSSR count). The van der Waals surface area contributed by atoms with Gasteiger partial charge in [-0.25, -0.2) is 0 Å². The number of hydrogen-bond donors (Lipinski definition) is 1. The number of thioether (sulfide) groups is 1. The van der Waals surface area contributed by atoms with Crippen LogP contribution in [-0.4, -0.2) is 32.5 Å². The quantitative estimate of drug-likeness (QED) is 0.759. The minimum Gasteiger partial charge on any atom is -0.353 e. The third-order valence-electron chi connectivity index (χ3n) is 4.76. The highest BCUT2D eigenvalue weighted by Gasteiger charge is 2.21. The van der Waals surface area contributed by atoms with Crippen LogP contribution in [0.1, 0.15) is 56.0 Å². The van der Waals surface area contributed by atoms with Gasteiger partial charge in [0, 0.05) is 27.9 Å². The maximum atomic E-state index is 12.2. The fourth-order valence-electron chi connectivity index (χ4n) is 3.23. The Labute approximate surface area is 157 Å². The first-order chi connectivity index (χ1) is 12.0. The molecule has 1 fully saturated rings. The van der Waals surface area contributed by atoms with Crippen molar-refractivity contribution in [2.75, 3.05) is 5.75 Å². The summed E-state index contributed by atoms with van der Waals surface area (Å²) >= 11 is 3.22. The molecule has 1 amide bonds. The molecule has 1 N–H and O–H groups in total. The molecule has 5 nitrogen and oxygen atoms in total. The number of aryl methyl sites for hydroxylation is 1. The molecule has 0 atom stereocenters. The Morgan fingerprint density at radius 2 is 2.08 bits per heavy atom. The SMILES string of the molecule is Cc1scc(-c2nnc(SCC(=O)NC3CCCC3)n2C(C)C)c1C.